The fourth-order valence-electron chi connectivity index (χ4n) is 2.53. The molecule has 2 rings (SSSR count). The van der Waals surface area contributed by atoms with Crippen LogP contribution in [0.1, 0.15) is 16.7 Å². The first kappa shape index (κ1) is 22.5. The maximum Gasteiger partial charge on any atom is 0.328 e. The fourth-order valence-corrected chi connectivity index (χ4v) is 2.53. The summed E-state index contributed by atoms with van der Waals surface area (Å²) in [6.45, 7) is 0.218. The van der Waals surface area contributed by atoms with Crippen molar-refractivity contribution in [1.82, 2.24) is 0 Å². The van der Waals surface area contributed by atoms with Crippen molar-refractivity contribution in [3.63, 3.8) is 0 Å². The highest BCUT2D eigenvalue weighted by molar-refractivity contribution is 5.86. The summed E-state index contributed by atoms with van der Waals surface area (Å²) in [6.07, 6.45) is 4.86. The van der Waals surface area contributed by atoms with E-state index >= 15 is 0 Å². The summed E-state index contributed by atoms with van der Waals surface area (Å²) in [6, 6.07) is 9.99. The average molecular weight is 414 g/mol. The number of hydrogen-bond acceptors (Lipinski definition) is 6. The second-order valence-corrected chi connectivity index (χ2v) is 5.96. The molecule has 158 valence electrons. The van der Waals surface area contributed by atoms with Gasteiger partial charge in [-0.15, -0.1) is 0 Å². The third kappa shape index (κ3) is 6.99. The van der Waals surface area contributed by atoms with Crippen molar-refractivity contribution in [3.8, 4) is 17.2 Å². The molecule has 3 N–H and O–H groups in total. The van der Waals surface area contributed by atoms with Crippen LogP contribution in [-0.4, -0.2) is 47.6 Å². The van der Waals surface area contributed by atoms with Gasteiger partial charge in [0.05, 0.1) is 13.7 Å². The number of carbonyl (C=O) groups is 2. The summed E-state index contributed by atoms with van der Waals surface area (Å²) >= 11 is 0. The lowest BCUT2D eigenvalue weighted by Gasteiger charge is -2.12. The molecule has 0 bridgehead atoms. The molecular weight excluding hydrogens is 392 g/mol. The Balaban J connectivity index is 1.93. The number of carboxylic acids is 2. The van der Waals surface area contributed by atoms with Crippen LogP contribution in [0.15, 0.2) is 48.6 Å². The number of carboxylic acid groups (broad SMARTS) is 2. The number of ether oxygens (including phenoxy) is 3. The van der Waals surface area contributed by atoms with Gasteiger partial charge in [0.25, 0.3) is 0 Å². The number of rotatable bonds is 11. The highest BCUT2D eigenvalue weighted by Crippen LogP contribution is 2.26. The van der Waals surface area contributed by atoms with E-state index < -0.39 is 11.9 Å². The molecule has 0 radical (unpaired) electrons. The van der Waals surface area contributed by atoms with E-state index in [0.29, 0.717) is 33.9 Å². The van der Waals surface area contributed by atoms with Gasteiger partial charge in [0.2, 0.25) is 0 Å². The number of methoxy groups -OCH3 is 1. The van der Waals surface area contributed by atoms with Gasteiger partial charge in [-0.3, -0.25) is 0 Å². The lowest BCUT2D eigenvalue weighted by atomic mass is 10.1. The summed E-state index contributed by atoms with van der Waals surface area (Å²) in [5, 5.41) is 26.9. The van der Waals surface area contributed by atoms with Crippen LogP contribution in [0, 0.1) is 0 Å². The Morgan fingerprint density at radius 3 is 1.93 bits per heavy atom. The molecule has 2 aromatic carbocycles. The van der Waals surface area contributed by atoms with E-state index in [2.05, 4.69) is 0 Å². The van der Waals surface area contributed by atoms with Crippen LogP contribution in [0.4, 0.5) is 0 Å². The molecule has 0 unspecified atom stereocenters. The van der Waals surface area contributed by atoms with E-state index in [0.717, 1.165) is 12.2 Å². The Kier molecular flexibility index (Phi) is 8.46. The van der Waals surface area contributed by atoms with E-state index in [1.807, 2.05) is 0 Å². The van der Waals surface area contributed by atoms with Gasteiger partial charge in [-0.25, -0.2) is 9.59 Å². The molecule has 0 heterocycles. The summed E-state index contributed by atoms with van der Waals surface area (Å²) in [5.74, 6) is -0.595. The van der Waals surface area contributed by atoms with Crippen molar-refractivity contribution in [3.05, 3.63) is 65.2 Å². The van der Waals surface area contributed by atoms with Crippen LogP contribution in [0.5, 0.6) is 17.2 Å². The minimum absolute atomic E-state index is 0.234. The van der Waals surface area contributed by atoms with Crippen LogP contribution in [0.2, 0.25) is 0 Å². The second kappa shape index (κ2) is 11.3. The predicted octanol–water partition coefficient (Wildman–Crippen LogP) is 2.84. The predicted molar refractivity (Wildman–Crippen MR) is 110 cm³/mol. The van der Waals surface area contributed by atoms with Gasteiger partial charge in [0, 0.05) is 23.8 Å². The molecule has 0 spiro atoms. The molecule has 0 aliphatic rings. The monoisotopic (exact) mass is 414 g/mol. The van der Waals surface area contributed by atoms with Crippen LogP contribution in [0.3, 0.4) is 0 Å². The zero-order valence-electron chi connectivity index (χ0n) is 16.3. The van der Waals surface area contributed by atoms with Crippen LogP contribution in [0.25, 0.3) is 12.2 Å². The molecule has 0 amide bonds. The summed E-state index contributed by atoms with van der Waals surface area (Å²) in [4.78, 5) is 21.3. The van der Waals surface area contributed by atoms with E-state index in [9.17, 15) is 14.7 Å². The first-order valence-electron chi connectivity index (χ1n) is 8.92. The third-order valence-electron chi connectivity index (χ3n) is 3.92. The second-order valence-electron chi connectivity index (χ2n) is 5.96. The van der Waals surface area contributed by atoms with E-state index in [1.54, 1.807) is 36.4 Å². The van der Waals surface area contributed by atoms with Gasteiger partial charge < -0.3 is 29.5 Å². The maximum atomic E-state index is 10.6. The van der Waals surface area contributed by atoms with Gasteiger partial charge in [-0.2, -0.15) is 0 Å². The number of benzene rings is 2. The number of aliphatic hydroxyl groups is 1. The number of hydrogen-bond donors (Lipinski definition) is 3. The minimum Gasteiger partial charge on any atom is -0.496 e. The fraction of sp³-hybridized carbons (Fsp3) is 0.182. The molecule has 0 aliphatic heterocycles. The van der Waals surface area contributed by atoms with Crippen molar-refractivity contribution in [2.75, 3.05) is 20.3 Å². The molecule has 0 saturated heterocycles. The standard InChI is InChI=1S/C22H22O8/c1-28-20-13-19(7-3-16(20)5-9-22(26)27)30-11-10-29-18-6-2-15(4-8-21(24)25)17(12-18)14-23/h2-9,12-13,23H,10-11,14H2,1H3,(H,24,25)(H,26,27)/b8-4+,9-5+. The molecule has 0 atom stereocenters. The first-order valence-corrected chi connectivity index (χ1v) is 8.92. The normalized spacial score (nSPS) is 11.0. The van der Waals surface area contributed by atoms with Crippen molar-refractivity contribution < 1.29 is 39.1 Å². The summed E-state index contributed by atoms with van der Waals surface area (Å²) < 4.78 is 16.5. The Morgan fingerprint density at radius 2 is 1.40 bits per heavy atom. The first-order chi connectivity index (χ1) is 14.4. The van der Waals surface area contributed by atoms with Gasteiger partial charge in [-0.1, -0.05) is 6.07 Å². The molecule has 8 nitrogen and oxygen atoms in total. The molecule has 2 aromatic rings. The average Bonchev–Trinajstić information content (AvgIpc) is 2.74. The highest BCUT2D eigenvalue weighted by atomic mass is 16.5. The van der Waals surface area contributed by atoms with Crippen LogP contribution >= 0.6 is 0 Å². The van der Waals surface area contributed by atoms with Crippen molar-refractivity contribution in [2.45, 2.75) is 6.61 Å². The van der Waals surface area contributed by atoms with Gasteiger partial charge in [-0.05, 0) is 47.5 Å². The maximum absolute atomic E-state index is 10.6. The molecule has 8 heteroatoms. The van der Waals surface area contributed by atoms with Crippen molar-refractivity contribution >= 4 is 24.1 Å². The molecular formula is C22H22O8. The third-order valence-corrected chi connectivity index (χ3v) is 3.92. The Hall–Kier alpha value is -3.78. The zero-order valence-corrected chi connectivity index (χ0v) is 16.3. The van der Waals surface area contributed by atoms with Crippen LogP contribution in [-0.2, 0) is 16.2 Å². The Labute approximate surface area is 173 Å². The number of aliphatic carboxylic acids is 2. The Morgan fingerprint density at radius 1 is 0.867 bits per heavy atom. The molecule has 30 heavy (non-hydrogen) atoms. The Bertz CT molecular complexity index is 869. The van der Waals surface area contributed by atoms with E-state index in [4.69, 9.17) is 24.4 Å². The summed E-state index contributed by atoms with van der Waals surface area (Å²) in [5.41, 5.74) is 1.74. The topological polar surface area (TPSA) is 123 Å². The van der Waals surface area contributed by atoms with Crippen molar-refractivity contribution in [2.24, 2.45) is 0 Å². The summed E-state index contributed by atoms with van der Waals surface area (Å²) in [7, 11) is 1.48. The smallest absolute Gasteiger partial charge is 0.328 e. The van der Waals surface area contributed by atoms with E-state index in [-0.39, 0.29) is 19.8 Å². The molecule has 0 aromatic heterocycles. The van der Waals surface area contributed by atoms with Gasteiger partial charge in [0.15, 0.2) is 0 Å². The van der Waals surface area contributed by atoms with Crippen LogP contribution < -0.4 is 14.2 Å². The molecule has 0 aliphatic carbocycles. The lowest BCUT2D eigenvalue weighted by molar-refractivity contribution is -0.132. The zero-order chi connectivity index (χ0) is 21.9. The van der Waals surface area contributed by atoms with Gasteiger partial charge >= 0.3 is 11.9 Å². The molecule has 0 saturated carbocycles. The van der Waals surface area contributed by atoms with Gasteiger partial charge in [0.1, 0.15) is 30.5 Å². The van der Waals surface area contributed by atoms with E-state index in [1.165, 1.54) is 19.3 Å². The quantitative estimate of drug-likeness (QED) is 0.379. The molecule has 0 fully saturated rings. The number of aliphatic hydroxyl groups excluding tert-OH is 1. The minimum atomic E-state index is -1.07. The highest BCUT2D eigenvalue weighted by Gasteiger charge is 2.05. The lowest BCUT2D eigenvalue weighted by Crippen LogP contribution is -2.09. The largest absolute Gasteiger partial charge is 0.496 e. The van der Waals surface area contributed by atoms with Crippen molar-refractivity contribution in [1.29, 1.82) is 0 Å². The SMILES string of the molecule is COc1cc(OCCOc2ccc(/C=C/C(=O)O)c(CO)c2)ccc1/C=C/C(=O)O.